The number of allylic oxidation sites excluding steroid dienone is 1. The van der Waals surface area contributed by atoms with Crippen molar-refractivity contribution in [1.29, 1.82) is 0 Å². The van der Waals surface area contributed by atoms with Crippen molar-refractivity contribution in [3.63, 3.8) is 0 Å². The Bertz CT molecular complexity index is 775. The molecule has 0 bridgehead atoms. The zero-order valence-corrected chi connectivity index (χ0v) is 16.7. The Balaban J connectivity index is 2.10. The van der Waals surface area contributed by atoms with E-state index in [1.54, 1.807) is 0 Å². The molecule has 0 amide bonds. The molecular weight excluding hydrogens is 324 g/mol. The van der Waals surface area contributed by atoms with Gasteiger partial charge in [0.25, 0.3) is 0 Å². The summed E-state index contributed by atoms with van der Waals surface area (Å²) in [4.78, 5) is 0. The number of aromatic hydroxyl groups is 1. The molecule has 0 fully saturated rings. The number of unbranched alkanes of at least 4 members (excludes halogenated alkanes) is 1. The smallest absolute Gasteiger partial charge is 0.127 e. The molecule has 0 saturated carbocycles. The summed E-state index contributed by atoms with van der Waals surface area (Å²) in [5.74, 6) is 0.842. The van der Waals surface area contributed by atoms with Gasteiger partial charge in [-0.3, -0.25) is 0 Å². The molecule has 2 N–H and O–H groups in total. The van der Waals surface area contributed by atoms with E-state index in [2.05, 4.69) is 40.7 Å². The summed E-state index contributed by atoms with van der Waals surface area (Å²) >= 11 is 0. The Hall–Kier alpha value is -1.48. The molecule has 2 aliphatic rings. The quantitative estimate of drug-likeness (QED) is 0.687. The zero-order valence-electron chi connectivity index (χ0n) is 18.7. The maximum Gasteiger partial charge on any atom is 0.127 e. The molecule has 0 aromatic heterocycles. The number of hydrogen-bond donors (Lipinski definition) is 2. The molecule has 1 aromatic rings. The normalized spacial score (nSPS) is 26.0. The molecule has 0 saturated heterocycles. The van der Waals surface area contributed by atoms with Crippen molar-refractivity contribution >= 4 is 0 Å². The predicted octanol–water partition coefficient (Wildman–Crippen LogP) is 5.44. The highest BCUT2D eigenvalue weighted by molar-refractivity contribution is 5.55. The molecule has 3 nitrogen and oxygen atoms in total. The van der Waals surface area contributed by atoms with Gasteiger partial charge in [-0.05, 0) is 61.8 Å². The van der Waals surface area contributed by atoms with Gasteiger partial charge in [0.15, 0.2) is 0 Å². The highest BCUT2D eigenvalue weighted by Gasteiger charge is 2.45. The van der Waals surface area contributed by atoms with Crippen LogP contribution in [-0.4, -0.2) is 22.4 Å². The fourth-order valence-corrected chi connectivity index (χ4v) is 4.61. The van der Waals surface area contributed by atoms with E-state index in [1.807, 2.05) is 12.1 Å². The molecule has 1 aromatic carbocycles. The Labute approximate surface area is 160 Å². The minimum Gasteiger partial charge on any atom is -0.507 e. The first kappa shape index (κ1) is 16.7. The molecule has 1 aliphatic carbocycles. The van der Waals surface area contributed by atoms with E-state index in [-0.39, 0.29) is 23.0 Å². The van der Waals surface area contributed by atoms with Crippen LogP contribution in [0.4, 0.5) is 0 Å². The summed E-state index contributed by atoms with van der Waals surface area (Å²) < 4.78 is 21.8. The highest BCUT2D eigenvalue weighted by atomic mass is 16.5. The number of phenolic OH excluding ortho intramolecular Hbond substituents is 1. The van der Waals surface area contributed by atoms with Gasteiger partial charge in [0.05, 0.1) is 9.30 Å². The van der Waals surface area contributed by atoms with Crippen molar-refractivity contribution in [2.75, 3.05) is 6.56 Å². The van der Waals surface area contributed by atoms with E-state index >= 15 is 0 Å². The lowest BCUT2D eigenvalue weighted by molar-refractivity contribution is 0.00992. The molecule has 26 heavy (non-hydrogen) atoms. The van der Waals surface area contributed by atoms with E-state index in [9.17, 15) is 10.2 Å². The van der Waals surface area contributed by atoms with E-state index < -0.39 is 12.2 Å². The van der Waals surface area contributed by atoms with Crippen LogP contribution in [0.5, 0.6) is 11.5 Å². The summed E-state index contributed by atoms with van der Waals surface area (Å²) in [6.07, 6.45) is 6.32. The number of fused-ring (bicyclic) bond motifs is 3. The topological polar surface area (TPSA) is 49.7 Å². The first-order chi connectivity index (χ1) is 12.9. The largest absolute Gasteiger partial charge is 0.507 e. The highest BCUT2D eigenvalue weighted by Crippen LogP contribution is 2.54. The van der Waals surface area contributed by atoms with Gasteiger partial charge in [-0.25, -0.2) is 0 Å². The molecular formula is C23H34O3. The number of hydrogen-bond acceptors (Lipinski definition) is 3. The minimum absolute atomic E-state index is 0.0664. The van der Waals surface area contributed by atoms with Crippen molar-refractivity contribution < 1.29 is 17.7 Å². The van der Waals surface area contributed by atoms with Crippen molar-refractivity contribution in [2.45, 2.75) is 83.7 Å². The number of phenols is 1. The third-order valence-corrected chi connectivity index (χ3v) is 6.34. The van der Waals surface area contributed by atoms with Crippen LogP contribution in [-0.2, 0) is 5.41 Å². The first-order valence-electron chi connectivity index (χ1n) is 10.9. The molecule has 2 atom stereocenters. The number of rotatable bonds is 5. The standard InChI is InChI=1S/C23H34O3/c1-6-7-10-22(2,3)16-12-19(25)21-17-11-15(14-24)8-9-18(17)23(4,5)26-20(21)13-16/h11-13,17-18,24-25H,6-10,14H2,1-5H3/i14D2. The van der Waals surface area contributed by atoms with Crippen molar-refractivity contribution in [2.24, 2.45) is 5.92 Å². The SMILES string of the molecule is [2H]C([2H])(O)C1=CC2c3c(O)cc(C(C)(C)CCCC)cc3OC(C)(C)C2CC1. The van der Waals surface area contributed by atoms with E-state index in [1.165, 1.54) is 0 Å². The molecule has 144 valence electrons. The van der Waals surface area contributed by atoms with Gasteiger partial charge < -0.3 is 14.9 Å². The molecule has 1 heterocycles. The number of aliphatic hydroxyl groups is 1. The van der Waals surface area contributed by atoms with Gasteiger partial charge in [-0.1, -0.05) is 39.7 Å². The predicted molar refractivity (Wildman–Crippen MR) is 106 cm³/mol. The average molecular weight is 361 g/mol. The number of ether oxygens (including phenoxy) is 1. The van der Waals surface area contributed by atoms with Crippen LogP contribution < -0.4 is 4.74 Å². The fraction of sp³-hybridized carbons (Fsp3) is 0.652. The summed E-state index contributed by atoms with van der Waals surface area (Å²) in [7, 11) is 0. The summed E-state index contributed by atoms with van der Waals surface area (Å²) in [6, 6.07) is 3.90. The minimum atomic E-state index is -2.33. The Morgan fingerprint density at radius 1 is 1.35 bits per heavy atom. The van der Waals surface area contributed by atoms with Gasteiger partial charge in [0, 0.05) is 17.4 Å². The van der Waals surface area contributed by atoms with Crippen LogP contribution in [0, 0.1) is 5.92 Å². The first-order valence-corrected chi connectivity index (χ1v) is 9.87. The molecule has 3 heteroatoms. The molecule has 0 spiro atoms. The third kappa shape index (κ3) is 3.38. The second kappa shape index (κ2) is 6.92. The van der Waals surface area contributed by atoms with Gasteiger partial charge in [-0.15, -0.1) is 0 Å². The van der Waals surface area contributed by atoms with Crippen molar-refractivity contribution in [3.05, 3.63) is 34.9 Å². The monoisotopic (exact) mass is 360 g/mol. The molecule has 0 radical (unpaired) electrons. The maximum atomic E-state index is 11.0. The van der Waals surface area contributed by atoms with Crippen LogP contribution in [0.3, 0.4) is 0 Å². The van der Waals surface area contributed by atoms with E-state index in [0.29, 0.717) is 24.2 Å². The van der Waals surface area contributed by atoms with Crippen LogP contribution in [0.25, 0.3) is 0 Å². The third-order valence-electron chi connectivity index (χ3n) is 6.34. The summed E-state index contributed by atoms with van der Waals surface area (Å²) in [5.41, 5.74) is 1.68. The lowest BCUT2D eigenvalue weighted by Crippen LogP contribution is -2.45. The molecule has 2 unspecified atom stereocenters. The average Bonchev–Trinajstić information content (AvgIpc) is 2.57. The van der Waals surface area contributed by atoms with Crippen molar-refractivity contribution in [1.82, 2.24) is 0 Å². The van der Waals surface area contributed by atoms with Gasteiger partial charge >= 0.3 is 0 Å². The Kier molecular flexibility index (Phi) is 4.44. The van der Waals surface area contributed by atoms with Crippen LogP contribution >= 0.6 is 0 Å². The lowest BCUT2D eigenvalue weighted by Gasteiger charge is -2.47. The second-order valence-corrected chi connectivity index (χ2v) is 9.07. The van der Waals surface area contributed by atoms with Gasteiger partial charge in [-0.2, -0.15) is 0 Å². The fourth-order valence-electron chi connectivity index (χ4n) is 4.61. The molecule has 1 aliphatic heterocycles. The lowest BCUT2D eigenvalue weighted by atomic mass is 9.67. The van der Waals surface area contributed by atoms with Crippen LogP contribution in [0.2, 0.25) is 0 Å². The Morgan fingerprint density at radius 3 is 2.73 bits per heavy atom. The second-order valence-electron chi connectivity index (χ2n) is 9.07. The zero-order chi connectivity index (χ0) is 20.9. The Morgan fingerprint density at radius 2 is 2.08 bits per heavy atom. The van der Waals surface area contributed by atoms with Gasteiger partial charge in [0.2, 0.25) is 0 Å². The summed E-state index contributed by atoms with van der Waals surface area (Å²) in [6.45, 7) is 8.36. The maximum absolute atomic E-state index is 11.0. The van der Waals surface area contributed by atoms with Crippen LogP contribution in [0.1, 0.15) is 86.5 Å². The van der Waals surface area contributed by atoms with E-state index in [0.717, 1.165) is 30.4 Å². The molecule has 3 rings (SSSR count). The van der Waals surface area contributed by atoms with Gasteiger partial charge in [0.1, 0.15) is 17.1 Å². The number of benzene rings is 1. The van der Waals surface area contributed by atoms with E-state index in [4.69, 9.17) is 7.48 Å². The van der Waals surface area contributed by atoms with Crippen LogP contribution in [0.15, 0.2) is 23.8 Å². The van der Waals surface area contributed by atoms with Crippen molar-refractivity contribution in [3.8, 4) is 11.5 Å². The summed E-state index contributed by atoms with van der Waals surface area (Å²) in [5, 5.41) is 20.8.